The Morgan fingerprint density at radius 1 is 0.962 bits per heavy atom. The smallest absolute Gasteiger partial charge is 0.295 e. The lowest BCUT2D eigenvalue weighted by atomic mass is 10.1. The van der Waals surface area contributed by atoms with Crippen LogP contribution in [-0.4, -0.2) is 15.0 Å². The molecule has 0 aliphatic heterocycles. The lowest BCUT2D eigenvalue weighted by molar-refractivity contribution is 0.0948. The van der Waals surface area contributed by atoms with E-state index in [4.69, 9.17) is 0 Å². The summed E-state index contributed by atoms with van der Waals surface area (Å²) in [6.07, 6.45) is 1.50. The van der Waals surface area contributed by atoms with Crippen LogP contribution in [0.15, 0.2) is 70.4 Å². The summed E-state index contributed by atoms with van der Waals surface area (Å²) in [6, 6.07) is 16.1. The molecule has 0 radical (unpaired) electrons. The van der Waals surface area contributed by atoms with Gasteiger partial charge in [-0.05, 0) is 30.2 Å². The van der Waals surface area contributed by atoms with Crippen molar-refractivity contribution in [1.82, 2.24) is 9.13 Å². The molecule has 0 fully saturated rings. The van der Waals surface area contributed by atoms with Crippen molar-refractivity contribution in [2.24, 2.45) is 0 Å². The van der Waals surface area contributed by atoms with Gasteiger partial charge in [-0.3, -0.25) is 14.2 Å². The minimum Gasteiger partial charge on any atom is -0.295 e. The van der Waals surface area contributed by atoms with Crippen molar-refractivity contribution in [2.45, 2.75) is 18.8 Å². The predicted molar refractivity (Wildman–Crippen MR) is 104 cm³/mol. The predicted octanol–water partition coefficient (Wildman–Crippen LogP) is 2.95. The van der Waals surface area contributed by atoms with Gasteiger partial charge >= 0.3 is 5.69 Å². The van der Waals surface area contributed by atoms with Crippen LogP contribution in [0.3, 0.4) is 0 Å². The standard InChI is InChI=1S/C20H17BrN2O3/c1-14-12-22(13-16-9-7-15(11-21)8-10-16)20(26)23(18(14)24)19(25)17-5-3-2-4-6-17/h2-10,12H,11,13H2,1H3. The lowest BCUT2D eigenvalue weighted by Crippen LogP contribution is -2.44. The second-order valence-electron chi connectivity index (χ2n) is 5.98. The van der Waals surface area contributed by atoms with Crippen LogP contribution in [0, 0.1) is 6.92 Å². The largest absolute Gasteiger partial charge is 0.338 e. The summed E-state index contributed by atoms with van der Waals surface area (Å²) in [5, 5.41) is 0.753. The molecule has 26 heavy (non-hydrogen) atoms. The summed E-state index contributed by atoms with van der Waals surface area (Å²) < 4.78 is 2.10. The van der Waals surface area contributed by atoms with Crippen LogP contribution >= 0.6 is 15.9 Å². The third-order valence-electron chi connectivity index (χ3n) is 4.08. The second-order valence-corrected chi connectivity index (χ2v) is 6.55. The van der Waals surface area contributed by atoms with Crippen molar-refractivity contribution < 1.29 is 4.79 Å². The summed E-state index contributed by atoms with van der Waals surface area (Å²) in [4.78, 5) is 37.9. The van der Waals surface area contributed by atoms with E-state index in [0.29, 0.717) is 15.7 Å². The molecule has 3 aromatic rings. The van der Waals surface area contributed by atoms with Crippen molar-refractivity contribution in [3.8, 4) is 0 Å². The highest BCUT2D eigenvalue weighted by Crippen LogP contribution is 2.09. The fourth-order valence-corrected chi connectivity index (χ4v) is 3.04. The summed E-state index contributed by atoms with van der Waals surface area (Å²) in [5.41, 5.74) is 1.44. The fraction of sp³-hybridized carbons (Fsp3) is 0.150. The average molecular weight is 413 g/mol. The maximum absolute atomic E-state index is 12.8. The van der Waals surface area contributed by atoms with E-state index in [9.17, 15) is 14.4 Å². The maximum atomic E-state index is 12.8. The minimum atomic E-state index is -0.640. The summed E-state index contributed by atoms with van der Waals surface area (Å²) in [5.74, 6) is -0.618. The molecule has 0 N–H and O–H groups in total. The van der Waals surface area contributed by atoms with E-state index < -0.39 is 17.2 Å². The Morgan fingerprint density at radius 3 is 2.19 bits per heavy atom. The summed E-state index contributed by atoms with van der Waals surface area (Å²) in [6.45, 7) is 1.88. The van der Waals surface area contributed by atoms with Crippen LogP contribution in [0.5, 0.6) is 0 Å². The Kier molecular flexibility index (Phi) is 5.32. The van der Waals surface area contributed by atoms with Crippen molar-refractivity contribution >= 4 is 21.8 Å². The van der Waals surface area contributed by atoms with Gasteiger partial charge in [0.1, 0.15) is 0 Å². The van der Waals surface area contributed by atoms with Crippen LogP contribution in [-0.2, 0) is 11.9 Å². The number of rotatable bonds is 4. The Hall–Kier alpha value is -2.73. The highest BCUT2D eigenvalue weighted by atomic mass is 79.9. The first kappa shape index (κ1) is 18.1. The first-order chi connectivity index (χ1) is 12.5. The molecule has 2 aromatic carbocycles. The zero-order valence-corrected chi connectivity index (χ0v) is 15.8. The number of alkyl halides is 1. The topological polar surface area (TPSA) is 61.1 Å². The van der Waals surface area contributed by atoms with Crippen LogP contribution < -0.4 is 11.2 Å². The van der Waals surface area contributed by atoms with Gasteiger partial charge in [-0.2, -0.15) is 4.57 Å². The van der Waals surface area contributed by atoms with Gasteiger partial charge in [0.05, 0.1) is 6.54 Å². The van der Waals surface area contributed by atoms with Gasteiger partial charge in [0, 0.05) is 22.7 Å². The van der Waals surface area contributed by atoms with E-state index in [2.05, 4.69) is 15.9 Å². The molecular formula is C20H17BrN2O3. The van der Waals surface area contributed by atoms with E-state index in [1.807, 2.05) is 24.3 Å². The van der Waals surface area contributed by atoms with Crippen LogP contribution in [0.25, 0.3) is 0 Å². The molecule has 5 nitrogen and oxygen atoms in total. The quantitative estimate of drug-likeness (QED) is 0.618. The molecule has 132 valence electrons. The third kappa shape index (κ3) is 3.60. The van der Waals surface area contributed by atoms with Crippen LogP contribution in [0.2, 0.25) is 0 Å². The van der Waals surface area contributed by atoms with Crippen molar-refractivity contribution in [3.05, 3.63) is 104 Å². The van der Waals surface area contributed by atoms with Crippen molar-refractivity contribution in [1.29, 1.82) is 0 Å². The zero-order chi connectivity index (χ0) is 18.7. The van der Waals surface area contributed by atoms with E-state index in [0.717, 1.165) is 16.5 Å². The SMILES string of the molecule is Cc1cn(Cc2ccc(CBr)cc2)c(=O)n(C(=O)c2ccccc2)c1=O. The summed E-state index contributed by atoms with van der Waals surface area (Å²) in [7, 11) is 0. The molecule has 0 bridgehead atoms. The monoisotopic (exact) mass is 412 g/mol. The number of aryl methyl sites for hydroxylation is 1. The number of carbonyl (C=O) groups excluding carboxylic acids is 1. The van der Waals surface area contributed by atoms with Crippen molar-refractivity contribution in [3.63, 3.8) is 0 Å². The normalized spacial score (nSPS) is 10.7. The number of benzene rings is 2. The molecule has 1 aromatic heterocycles. The highest BCUT2D eigenvalue weighted by Gasteiger charge is 2.17. The van der Waals surface area contributed by atoms with E-state index in [1.54, 1.807) is 37.3 Å². The molecule has 0 spiro atoms. The van der Waals surface area contributed by atoms with Crippen molar-refractivity contribution in [2.75, 3.05) is 0 Å². The Bertz CT molecular complexity index is 1050. The zero-order valence-electron chi connectivity index (χ0n) is 14.2. The molecular weight excluding hydrogens is 396 g/mol. The van der Waals surface area contributed by atoms with Gasteiger partial charge in [0.2, 0.25) is 0 Å². The van der Waals surface area contributed by atoms with Crippen LogP contribution in [0.4, 0.5) is 0 Å². The minimum absolute atomic E-state index is 0.282. The molecule has 0 aliphatic carbocycles. The summed E-state index contributed by atoms with van der Waals surface area (Å²) >= 11 is 3.39. The highest BCUT2D eigenvalue weighted by molar-refractivity contribution is 9.08. The molecule has 6 heteroatoms. The van der Waals surface area contributed by atoms with Gasteiger partial charge in [-0.15, -0.1) is 0 Å². The number of carbonyl (C=O) groups is 1. The molecule has 0 saturated carbocycles. The molecule has 0 unspecified atom stereocenters. The number of hydrogen-bond donors (Lipinski definition) is 0. The second kappa shape index (κ2) is 7.66. The van der Waals surface area contributed by atoms with E-state index >= 15 is 0 Å². The molecule has 0 atom stereocenters. The average Bonchev–Trinajstić information content (AvgIpc) is 2.67. The number of nitrogens with zero attached hydrogens (tertiary/aromatic N) is 2. The van der Waals surface area contributed by atoms with Gasteiger partial charge in [0.25, 0.3) is 11.5 Å². The first-order valence-corrected chi connectivity index (χ1v) is 9.20. The van der Waals surface area contributed by atoms with Gasteiger partial charge in [0.15, 0.2) is 0 Å². The molecule has 3 rings (SSSR count). The number of aromatic nitrogens is 2. The Labute approximate surface area is 158 Å². The third-order valence-corrected chi connectivity index (χ3v) is 4.73. The lowest BCUT2D eigenvalue weighted by Gasteiger charge is -2.11. The Balaban J connectivity index is 2.05. The molecule has 1 heterocycles. The maximum Gasteiger partial charge on any atom is 0.338 e. The van der Waals surface area contributed by atoms with Gasteiger partial charge < -0.3 is 0 Å². The first-order valence-electron chi connectivity index (χ1n) is 8.08. The van der Waals surface area contributed by atoms with E-state index in [-0.39, 0.29) is 6.54 Å². The number of hydrogen-bond acceptors (Lipinski definition) is 3. The molecule has 0 aliphatic rings. The molecule has 0 amide bonds. The fourth-order valence-electron chi connectivity index (χ4n) is 2.67. The molecule has 0 saturated heterocycles. The van der Waals surface area contributed by atoms with Gasteiger partial charge in [-0.1, -0.05) is 58.4 Å². The van der Waals surface area contributed by atoms with Crippen LogP contribution in [0.1, 0.15) is 27.0 Å². The van der Waals surface area contributed by atoms with E-state index in [1.165, 1.54) is 10.8 Å². The number of halogens is 1. The van der Waals surface area contributed by atoms with Gasteiger partial charge in [-0.25, -0.2) is 4.79 Å². The Morgan fingerprint density at radius 2 is 1.58 bits per heavy atom.